The number of hydrogen-bond acceptors (Lipinski definition) is 1. The molecule has 1 aromatic heterocycles. The van der Waals surface area contributed by atoms with Crippen LogP contribution in [0.1, 0.15) is 34.5 Å². The Labute approximate surface area is 122 Å². The van der Waals surface area contributed by atoms with Crippen LogP contribution in [0.4, 0.5) is 22.0 Å². The van der Waals surface area contributed by atoms with E-state index in [1.807, 2.05) is 0 Å². The zero-order valence-corrected chi connectivity index (χ0v) is 11.2. The van der Waals surface area contributed by atoms with Crippen LogP contribution >= 0.6 is 0 Å². The van der Waals surface area contributed by atoms with Crippen molar-refractivity contribution in [3.05, 3.63) is 52.9 Å². The summed E-state index contributed by atoms with van der Waals surface area (Å²) in [4.78, 5) is 11.9. The van der Waals surface area contributed by atoms with Crippen LogP contribution in [0.15, 0.2) is 24.4 Å². The van der Waals surface area contributed by atoms with Crippen molar-refractivity contribution in [2.75, 3.05) is 0 Å². The van der Waals surface area contributed by atoms with Gasteiger partial charge < -0.3 is 4.57 Å². The maximum absolute atomic E-state index is 13.3. The van der Waals surface area contributed by atoms with Gasteiger partial charge >= 0.3 is 6.18 Å². The van der Waals surface area contributed by atoms with Gasteiger partial charge in [0, 0.05) is 24.4 Å². The summed E-state index contributed by atoms with van der Waals surface area (Å²) in [6.07, 6.45) is -3.27. The van der Waals surface area contributed by atoms with Gasteiger partial charge in [0.25, 0.3) is 0 Å². The topological polar surface area (TPSA) is 22.0 Å². The molecule has 0 saturated heterocycles. The number of nitrogens with zero attached hydrogens (tertiary/aromatic N) is 1. The third-order valence-electron chi connectivity index (χ3n) is 3.63. The van der Waals surface area contributed by atoms with Gasteiger partial charge in [-0.1, -0.05) is 0 Å². The van der Waals surface area contributed by atoms with Gasteiger partial charge in [0.05, 0.1) is 16.8 Å². The predicted molar refractivity (Wildman–Crippen MR) is 68.0 cm³/mol. The van der Waals surface area contributed by atoms with Crippen molar-refractivity contribution in [2.24, 2.45) is 0 Å². The highest BCUT2D eigenvalue weighted by atomic mass is 19.4. The van der Waals surface area contributed by atoms with E-state index >= 15 is 0 Å². The van der Waals surface area contributed by atoms with E-state index in [1.54, 1.807) is 0 Å². The minimum absolute atomic E-state index is 0.0393. The van der Waals surface area contributed by atoms with Crippen LogP contribution < -0.4 is 0 Å². The highest BCUT2D eigenvalue weighted by Crippen LogP contribution is 2.38. The molecule has 0 spiro atoms. The molecule has 3 rings (SSSR count). The van der Waals surface area contributed by atoms with Crippen LogP contribution in [-0.4, -0.2) is 10.4 Å². The molecule has 0 N–H and O–H groups in total. The van der Waals surface area contributed by atoms with Gasteiger partial charge in [-0.3, -0.25) is 4.79 Å². The van der Waals surface area contributed by atoms with Gasteiger partial charge in [0.15, 0.2) is 5.78 Å². The van der Waals surface area contributed by atoms with E-state index < -0.39 is 29.2 Å². The van der Waals surface area contributed by atoms with Gasteiger partial charge in [0.1, 0.15) is 11.6 Å². The highest BCUT2D eigenvalue weighted by molar-refractivity contribution is 6.00. The van der Waals surface area contributed by atoms with E-state index in [2.05, 4.69) is 0 Å². The van der Waals surface area contributed by atoms with Crippen molar-refractivity contribution in [3.63, 3.8) is 0 Å². The lowest BCUT2D eigenvalue weighted by Gasteiger charge is -2.16. The molecule has 0 radical (unpaired) electrons. The van der Waals surface area contributed by atoms with Crippen molar-refractivity contribution in [1.29, 1.82) is 0 Å². The molecule has 2 aromatic rings. The monoisotopic (exact) mass is 315 g/mol. The number of fused-ring (bicyclic) bond motifs is 1. The number of hydrogen-bond donors (Lipinski definition) is 0. The average molecular weight is 315 g/mol. The van der Waals surface area contributed by atoms with Crippen LogP contribution in [0.5, 0.6) is 0 Å². The molecule has 0 bridgehead atoms. The van der Waals surface area contributed by atoms with Crippen molar-refractivity contribution < 1.29 is 26.7 Å². The van der Waals surface area contributed by atoms with Crippen LogP contribution in [-0.2, 0) is 12.6 Å². The third-order valence-corrected chi connectivity index (χ3v) is 3.63. The summed E-state index contributed by atoms with van der Waals surface area (Å²) < 4.78 is 67.1. The first kappa shape index (κ1) is 14.7. The number of carbonyl (C=O) groups is 1. The average Bonchev–Trinajstić information content (AvgIpc) is 2.78. The molecule has 2 nitrogen and oxygen atoms in total. The second kappa shape index (κ2) is 4.93. The Kier molecular flexibility index (Phi) is 3.30. The molecule has 0 atom stereocenters. The summed E-state index contributed by atoms with van der Waals surface area (Å²) in [5.41, 5.74) is -1.37. The first-order valence-corrected chi connectivity index (χ1v) is 6.58. The Morgan fingerprint density at radius 1 is 1.00 bits per heavy atom. The molecule has 1 heterocycles. The smallest absolute Gasteiger partial charge is 0.319 e. The minimum atomic E-state index is -4.70. The van der Waals surface area contributed by atoms with E-state index in [0.29, 0.717) is 12.5 Å². The van der Waals surface area contributed by atoms with E-state index in [4.69, 9.17) is 0 Å². The maximum atomic E-state index is 13.3. The maximum Gasteiger partial charge on any atom is 0.418 e. The molecular weight excluding hydrogens is 305 g/mol. The summed E-state index contributed by atoms with van der Waals surface area (Å²) in [6, 6.07) is 2.50. The van der Waals surface area contributed by atoms with Gasteiger partial charge in [-0.05, 0) is 25.0 Å². The summed E-state index contributed by atoms with van der Waals surface area (Å²) in [5, 5.41) is 0. The Morgan fingerprint density at radius 3 is 2.23 bits per heavy atom. The van der Waals surface area contributed by atoms with Gasteiger partial charge in [0.2, 0.25) is 0 Å². The first-order chi connectivity index (χ1) is 10.3. The van der Waals surface area contributed by atoms with Crippen molar-refractivity contribution >= 4 is 5.78 Å². The van der Waals surface area contributed by atoms with Crippen LogP contribution in [0.2, 0.25) is 0 Å². The fourth-order valence-electron chi connectivity index (χ4n) is 2.77. The van der Waals surface area contributed by atoms with Gasteiger partial charge in [-0.2, -0.15) is 13.2 Å². The van der Waals surface area contributed by atoms with Crippen LogP contribution in [0, 0.1) is 11.6 Å². The molecule has 0 amide bonds. The van der Waals surface area contributed by atoms with Gasteiger partial charge in [-0.15, -0.1) is 0 Å². The Morgan fingerprint density at radius 2 is 1.64 bits per heavy atom. The molecule has 0 aliphatic heterocycles. The number of aromatic nitrogens is 1. The predicted octanol–water partition coefficient (Wildman–Crippen LogP) is 4.29. The number of rotatable bonds is 1. The molecule has 22 heavy (non-hydrogen) atoms. The summed E-state index contributed by atoms with van der Waals surface area (Å²) in [6.45, 7) is 0. The zero-order valence-electron chi connectivity index (χ0n) is 11.2. The molecule has 1 aliphatic rings. The Hall–Kier alpha value is -2.18. The standard InChI is InChI=1S/C15H10F5NO/c16-8-4-9(17)6-10(5-8)21-7-11(15(18,19)20)14-12(21)2-1-3-13(14)22/h4-7H,1-3H2. The number of ketones is 1. The summed E-state index contributed by atoms with van der Waals surface area (Å²) in [5.74, 6) is -2.38. The van der Waals surface area contributed by atoms with Gasteiger partial charge in [-0.25, -0.2) is 8.78 Å². The summed E-state index contributed by atoms with van der Waals surface area (Å²) in [7, 11) is 0. The largest absolute Gasteiger partial charge is 0.418 e. The van der Waals surface area contributed by atoms with Crippen LogP contribution in [0.25, 0.3) is 5.69 Å². The van der Waals surface area contributed by atoms with E-state index in [0.717, 1.165) is 22.9 Å². The second-order valence-electron chi connectivity index (χ2n) is 5.14. The normalized spacial score (nSPS) is 15.0. The lowest BCUT2D eigenvalue weighted by atomic mass is 9.93. The van der Waals surface area contributed by atoms with E-state index in [1.165, 1.54) is 0 Å². The fourth-order valence-corrected chi connectivity index (χ4v) is 2.77. The fraction of sp³-hybridized carbons (Fsp3) is 0.267. The molecule has 0 saturated carbocycles. The van der Waals surface area contributed by atoms with Crippen molar-refractivity contribution in [3.8, 4) is 5.69 Å². The molecule has 0 unspecified atom stereocenters. The Bertz CT molecular complexity index is 740. The van der Waals surface area contributed by atoms with E-state index in [9.17, 15) is 26.7 Å². The van der Waals surface area contributed by atoms with Crippen LogP contribution in [0.3, 0.4) is 0 Å². The molecule has 7 heteroatoms. The minimum Gasteiger partial charge on any atom is -0.319 e. The SMILES string of the molecule is O=C1CCCc2c1c(C(F)(F)F)cn2-c1cc(F)cc(F)c1. The molecule has 116 valence electrons. The second-order valence-corrected chi connectivity index (χ2v) is 5.14. The third kappa shape index (κ3) is 2.40. The Balaban J connectivity index is 2.27. The highest BCUT2D eigenvalue weighted by Gasteiger charge is 2.40. The lowest BCUT2D eigenvalue weighted by molar-refractivity contribution is -0.137. The summed E-state index contributed by atoms with van der Waals surface area (Å²) >= 11 is 0. The molecule has 0 fully saturated rings. The molecule has 1 aromatic carbocycles. The molecule has 1 aliphatic carbocycles. The van der Waals surface area contributed by atoms with E-state index in [-0.39, 0.29) is 29.8 Å². The van der Waals surface area contributed by atoms with Crippen molar-refractivity contribution in [2.45, 2.75) is 25.4 Å². The zero-order chi connectivity index (χ0) is 16.1. The number of halogens is 5. The number of benzene rings is 1. The van der Waals surface area contributed by atoms with Crippen molar-refractivity contribution in [1.82, 2.24) is 4.57 Å². The first-order valence-electron chi connectivity index (χ1n) is 6.58. The lowest BCUT2D eigenvalue weighted by Crippen LogP contribution is -2.16. The number of carbonyl (C=O) groups excluding carboxylic acids is 1. The molecular formula is C15H10F5NO. The number of alkyl halides is 3. The number of Topliss-reactive ketones (excluding diaryl/α,β-unsaturated/α-hetero) is 1. The quantitative estimate of drug-likeness (QED) is 0.719.